The Kier molecular flexibility index (Phi) is 63.7. The number of ether oxygens (including phenoxy) is 3. The lowest BCUT2D eigenvalue weighted by Crippen LogP contribution is -2.30. The van der Waals surface area contributed by atoms with E-state index in [1.165, 1.54) is 212 Å². The molecule has 0 bridgehead atoms. The number of esters is 3. The molecule has 0 aromatic heterocycles. The number of allylic oxidation sites excluding steroid dienone is 12. The van der Waals surface area contributed by atoms with Crippen molar-refractivity contribution in [2.75, 3.05) is 13.2 Å². The summed E-state index contributed by atoms with van der Waals surface area (Å²) in [4.78, 5) is 38.4. The normalized spacial score (nSPS) is 12.5. The number of hydrogen-bond donors (Lipinski definition) is 0. The molecular formula is C72H128O6. The van der Waals surface area contributed by atoms with E-state index in [1.807, 2.05) is 0 Å². The monoisotopic (exact) mass is 1090 g/mol. The van der Waals surface area contributed by atoms with Crippen LogP contribution in [0.2, 0.25) is 0 Å². The second kappa shape index (κ2) is 66.4. The minimum absolute atomic E-state index is 0.0861. The molecule has 0 aromatic carbocycles. The summed E-state index contributed by atoms with van der Waals surface area (Å²) >= 11 is 0. The number of unbranched alkanes of at least 4 members (excludes halogenated alkanes) is 39. The van der Waals surface area contributed by atoms with Crippen LogP contribution in [0.25, 0.3) is 0 Å². The standard InChI is InChI=1S/C72H128O6/c1-4-7-10-13-16-19-22-25-28-31-34-35-36-39-41-44-47-50-53-56-59-62-65-71(74)77-68-69(78-72(75)66-63-60-57-54-51-48-45-42-38-33-30-27-24-21-18-15-12-9-6-3)67-76-70(73)64-61-58-55-52-49-46-43-40-37-32-29-26-23-20-17-14-11-8-5-2/h9,12,18,21,26-27,29-30,38,42,48,51,69H,4-8,10-11,13-17,19-20,22-25,28,31-37,39-41,43-47,49-50,52-68H2,1-3H3/b12-9-,21-18-,29-26-,30-27-,42-38-,51-48-. The molecule has 6 heteroatoms. The maximum Gasteiger partial charge on any atom is 0.306 e. The maximum atomic E-state index is 12.9. The van der Waals surface area contributed by atoms with E-state index in [-0.39, 0.29) is 31.1 Å². The molecule has 0 saturated carbocycles. The van der Waals surface area contributed by atoms with Crippen LogP contribution in [0.1, 0.15) is 348 Å². The van der Waals surface area contributed by atoms with Crippen LogP contribution in [0, 0.1) is 0 Å². The van der Waals surface area contributed by atoms with E-state index >= 15 is 0 Å². The molecule has 0 spiro atoms. The second-order valence-corrected chi connectivity index (χ2v) is 22.7. The molecule has 0 aromatic rings. The van der Waals surface area contributed by atoms with Crippen molar-refractivity contribution in [1.29, 1.82) is 0 Å². The number of carbonyl (C=O) groups is 3. The highest BCUT2D eigenvalue weighted by Gasteiger charge is 2.19. The average Bonchev–Trinajstić information content (AvgIpc) is 3.44. The van der Waals surface area contributed by atoms with Crippen LogP contribution in [0.5, 0.6) is 0 Å². The van der Waals surface area contributed by atoms with E-state index in [2.05, 4.69) is 93.7 Å². The third-order valence-corrected chi connectivity index (χ3v) is 14.9. The topological polar surface area (TPSA) is 78.9 Å². The molecule has 0 aliphatic carbocycles. The first-order valence-corrected chi connectivity index (χ1v) is 33.9. The van der Waals surface area contributed by atoms with Crippen molar-refractivity contribution in [2.45, 2.75) is 354 Å². The Morgan fingerprint density at radius 3 is 0.808 bits per heavy atom. The van der Waals surface area contributed by atoms with Gasteiger partial charge in [-0.25, -0.2) is 0 Å². The van der Waals surface area contributed by atoms with Crippen LogP contribution in [-0.4, -0.2) is 37.2 Å². The highest BCUT2D eigenvalue weighted by Crippen LogP contribution is 2.18. The third-order valence-electron chi connectivity index (χ3n) is 14.9. The van der Waals surface area contributed by atoms with Crippen LogP contribution in [0.15, 0.2) is 72.9 Å². The number of rotatable bonds is 62. The van der Waals surface area contributed by atoms with Crippen molar-refractivity contribution in [3.05, 3.63) is 72.9 Å². The van der Waals surface area contributed by atoms with Gasteiger partial charge in [-0.3, -0.25) is 14.4 Å². The van der Waals surface area contributed by atoms with Gasteiger partial charge >= 0.3 is 17.9 Å². The number of hydrogen-bond acceptors (Lipinski definition) is 6. The van der Waals surface area contributed by atoms with Gasteiger partial charge in [0.15, 0.2) is 6.10 Å². The van der Waals surface area contributed by atoms with Gasteiger partial charge in [-0.2, -0.15) is 0 Å². The van der Waals surface area contributed by atoms with Gasteiger partial charge in [-0.15, -0.1) is 0 Å². The fraction of sp³-hybridized carbons (Fsp3) is 0.792. The Morgan fingerprint density at radius 2 is 0.500 bits per heavy atom. The lowest BCUT2D eigenvalue weighted by Gasteiger charge is -2.18. The summed E-state index contributed by atoms with van der Waals surface area (Å²) in [6, 6.07) is 0. The van der Waals surface area contributed by atoms with E-state index in [0.29, 0.717) is 19.3 Å². The summed E-state index contributed by atoms with van der Waals surface area (Å²) in [6.07, 6.45) is 86.3. The van der Waals surface area contributed by atoms with Crippen LogP contribution >= 0.6 is 0 Å². The molecule has 0 N–H and O–H groups in total. The third kappa shape index (κ3) is 63.7. The van der Waals surface area contributed by atoms with Crippen molar-refractivity contribution < 1.29 is 28.6 Å². The molecule has 452 valence electrons. The fourth-order valence-electron chi connectivity index (χ4n) is 9.88. The van der Waals surface area contributed by atoms with Gasteiger partial charge in [0.25, 0.3) is 0 Å². The Morgan fingerprint density at radius 1 is 0.269 bits per heavy atom. The molecule has 78 heavy (non-hydrogen) atoms. The molecule has 0 rings (SSSR count). The van der Waals surface area contributed by atoms with Crippen LogP contribution < -0.4 is 0 Å². The zero-order valence-corrected chi connectivity index (χ0v) is 51.9. The smallest absolute Gasteiger partial charge is 0.306 e. The van der Waals surface area contributed by atoms with E-state index in [4.69, 9.17) is 14.2 Å². The van der Waals surface area contributed by atoms with Gasteiger partial charge in [-0.05, 0) is 89.9 Å². The minimum Gasteiger partial charge on any atom is -0.462 e. The summed E-state index contributed by atoms with van der Waals surface area (Å²) in [5, 5.41) is 0. The Hall–Kier alpha value is -3.15. The molecule has 1 unspecified atom stereocenters. The summed E-state index contributed by atoms with van der Waals surface area (Å²) < 4.78 is 17.0. The van der Waals surface area contributed by atoms with Gasteiger partial charge in [0.2, 0.25) is 0 Å². The van der Waals surface area contributed by atoms with Crippen LogP contribution in [0.3, 0.4) is 0 Å². The first-order chi connectivity index (χ1) is 38.5. The molecule has 0 heterocycles. The van der Waals surface area contributed by atoms with Crippen molar-refractivity contribution in [3.8, 4) is 0 Å². The molecule has 0 saturated heterocycles. The molecule has 6 nitrogen and oxygen atoms in total. The van der Waals surface area contributed by atoms with Gasteiger partial charge in [0.05, 0.1) is 0 Å². The van der Waals surface area contributed by atoms with Crippen molar-refractivity contribution in [2.24, 2.45) is 0 Å². The molecule has 0 aliphatic heterocycles. The maximum absolute atomic E-state index is 12.9. The second-order valence-electron chi connectivity index (χ2n) is 22.7. The molecule has 0 radical (unpaired) electrons. The van der Waals surface area contributed by atoms with Gasteiger partial charge < -0.3 is 14.2 Å². The van der Waals surface area contributed by atoms with Crippen molar-refractivity contribution in [3.63, 3.8) is 0 Å². The van der Waals surface area contributed by atoms with Crippen LogP contribution in [0.4, 0.5) is 0 Å². The lowest BCUT2D eigenvalue weighted by atomic mass is 10.0. The fourth-order valence-corrected chi connectivity index (χ4v) is 9.88. The largest absolute Gasteiger partial charge is 0.462 e. The lowest BCUT2D eigenvalue weighted by molar-refractivity contribution is -0.167. The quantitative estimate of drug-likeness (QED) is 0.0261. The molecule has 0 aliphatic rings. The minimum atomic E-state index is -0.794. The van der Waals surface area contributed by atoms with Gasteiger partial charge in [0.1, 0.15) is 13.2 Å². The molecule has 0 fully saturated rings. The van der Waals surface area contributed by atoms with E-state index in [0.717, 1.165) is 96.3 Å². The number of carbonyl (C=O) groups excluding carboxylic acids is 3. The summed E-state index contributed by atoms with van der Waals surface area (Å²) in [6.45, 7) is 6.55. The average molecular weight is 1090 g/mol. The summed E-state index contributed by atoms with van der Waals surface area (Å²) in [7, 11) is 0. The molecule has 0 amide bonds. The predicted molar refractivity (Wildman–Crippen MR) is 339 cm³/mol. The summed E-state index contributed by atoms with van der Waals surface area (Å²) in [5.74, 6) is -0.901. The van der Waals surface area contributed by atoms with Crippen molar-refractivity contribution in [1.82, 2.24) is 0 Å². The Bertz CT molecular complexity index is 1440. The SMILES string of the molecule is CC/C=C\C/C=C\C/C=C\C/C=C\C/C=C\CCCCCC(=O)OC(COC(=O)CCCCCCCCCCC/C=C\CCCCCCCC)COC(=O)CCCCCCCCCCCCCCCCCCCCCCCC. The summed E-state index contributed by atoms with van der Waals surface area (Å²) in [5.41, 5.74) is 0. The highest BCUT2D eigenvalue weighted by atomic mass is 16.6. The predicted octanol–water partition coefficient (Wildman–Crippen LogP) is 23.3. The molecular weight excluding hydrogens is 961 g/mol. The Labute approximate surface area is 484 Å². The highest BCUT2D eigenvalue weighted by molar-refractivity contribution is 5.71. The van der Waals surface area contributed by atoms with E-state index < -0.39 is 6.10 Å². The zero-order chi connectivity index (χ0) is 56.4. The van der Waals surface area contributed by atoms with Gasteiger partial charge in [0, 0.05) is 19.3 Å². The van der Waals surface area contributed by atoms with Crippen molar-refractivity contribution >= 4 is 17.9 Å². The first-order valence-electron chi connectivity index (χ1n) is 33.9. The van der Waals surface area contributed by atoms with E-state index in [9.17, 15) is 14.4 Å². The zero-order valence-electron chi connectivity index (χ0n) is 51.9. The first kappa shape index (κ1) is 74.8. The Balaban J connectivity index is 4.38. The van der Waals surface area contributed by atoms with E-state index in [1.54, 1.807) is 0 Å². The van der Waals surface area contributed by atoms with Gasteiger partial charge in [-0.1, -0.05) is 312 Å². The molecule has 1 atom stereocenters. The van der Waals surface area contributed by atoms with Crippen LogP contribution in [-0.2, 0) is 28.6 Å².